The van der Waals surface area contributed by atoms with Gasteiger partial charge in [-0.05, 0) is 74.9 Å². The minimum absolute atomic E-state index is 0.0481. The summed E-state index contributed by atoms with van der Waals surface area (Å²) in [7, 11) is 6.76. The zero-order chi connectivity index (χ0) is 45.3. The molecule has 0 saturated carbocycles. The molecule has 0 aromatic carbocycles. The molecule has 0 aromatic heterocycles. The highest BCUT2D eigenvalue weighted by molar-refractivity contribution is 5.88. The second-order valence-electron chi connectivity index (χ2n) is 18.1. The quantitative estimate of drug-likeness (QED) is 0.0688. The standard InChI is InChI=1S/C42H78N2O16/c1-15-30-42(10,50)35(46)25(4)32(43-55-22-54-21-53-17-16-51-13)23(2)19-40(8,49)37(60-39-33(45)29(44(11)12)18-24(3)56-39)26(5)34(27(6)38(48)58-30)59-31-20-41(9,52-14)36(47)28(7)57-31/h23-31,33-37,39,45-47,49-50H,15-22H2,1-14H3/b43-32-/t23-,24-,25+,26+,27-,28+,29-,30-,31-,33-,34+,35-,36-,37-,39+,40-,41+,42-/m1/s1. The number of hydrogen-bond acceptors (Lipinski definition) is 18. The molecule has 3 rings (SSSR count). The Morgan fingerprint density at radius 2 is 1.53 bits per heavy atom. The topological polar surface area (TPSA) is 226 Å². The lowest BCUT2D eigenvalue weighted by atomic mass is 9.73. The second-order valence-corrected chi connectivity index (χ2v) is 18.1. The van der Waals surface area contributed by atoms with E-state index in [1.165, 1.54) is 14.0 Å². The molecule has 0 bridgehead atoms. The van der Waals surface area contributed by atoms with Crippen molar-refractivity contribution in [2.45, 2.75) is 179 Å². The van der Waals surface area contributed by atoms with Crippen LogP contribution in [0.2, 0.25) is 0 Å². The fourth-order valence-corrected chi connectivity index (χ4v) is 9.03. The lowest BCUT2D eigenvalue weighted by Crippen LogP contribution is -2.61. The first kappa shape index (κ1) is 52.7. The fraction of sp³-hybridized carbons (Fsp3) is 0.952. The van der Waals surface area contributed by atoms with Gasteiger partial charge in [0.1, 0.15) is 23.9 Å². The van der Waals surface area contributed by atoms with E-state index >= 15 is 0 Å². The summed E-state index contributed by atoms with van der Waals surface area (Å²) in [6.45, 7) is 17.2. The van der Waals surface area contributed by atoms with Crippen molar-refractivity contribution in [3.05, 3.63) is 0 Å². The Morgan fingerprint density at radius 1 is 0.867 bits per heavy atom. The van der Waals surface area contributed by atoms with Crippen LogP contribution in [0, 0.1) is 23.7 Å². The van der Waals surface area contributed by atoms with Gasteiger partial charge in [0.05, 0.1) is 66.6 Å². The van der Waals surface area contributed by atoms with E-state index in [-0.39, 0.29) is 50.7 Å². The zero-order valence-corrected chi connectivity index (χ0v) is 38.4. The number of ether oxygens (including phenoxy) is 9. The van der Waals surface area contributed by atoms with E-state index in [0.29, 0.717) is 19.6 Å². The van der Waals surface area contributed by atoms with Crippen LogP contribution in [0.3, 0.4) is 0 Å². The summed E-state index contributed by atoms with van der Waals surface area (Å²) < 4.78 is 53.4. The molecule has 3 heterocycles. The number of carbonyl (C=O) groups excluding carboxylic acids is 1. The summed E-state index contributed by atoms with van der Waals surface area (Å²) in [6, 6.07) is -0.336. The number of likely N-dealkylation sites (N-methyl/N-ethyl adjacent to an activating group) is 1. The normalized spacial score (nSPS) is 44.7. The molecular weight excluding hydrogens is 788 g/mol. The molecule has 3 saturated heterocycles. The van der Waals surface area contributed by atoms with Gasteiger partial charge in [-0.2, -0.15) is 0 Å². The Kier molecular flexibility index (Phi) is 20.1. The van der Waals surface area contributed by atoms with Crippen LogP contribution in [0.15, 0.2) is 5.16 Å². The molecule has 3 aliphatic heterocycles. The molecule has 0 aromatic rings. The molecular formula is C42H78N2O16. The molecule has 0 amide bonds. The van der Waals surface area contributed by atoms with E-state index in [9.17, 15) is 30.3 Å². The maximum absolute atomic E-state index is 14.4. The summed E-state index contributed by atoms with van der Waals surface area (Å²) in [6.07, 6.45) is -9.64. The summed E-state index contributed by atoms with van der Waals surface area (Å²) in [5, 5.41) is 63.7. The van der Waals surface area contributed by atoms with Crippen molar-refractivity contribution in [2.75, 3.05) is 55.1 Å². The number of methoxy groups -OCH3 is 2. The van der Waals surface area contributed by atoms with Gasteiger partial charge in [0.2, 0.25) is 6.79 Å². The molecule has 18 heteroatoms. The second kappa shape index (κ2) is 22.8. The number of aliphatic hydroxyl groups excluding tert-OH is 3. The van der Waals surface area contributed by atoms with Gasteiger partial charge in [-0.15, -0.1) is 0 Å². The maximum Gasteiger partial charge on any atom is 0.311 e. The molecule has 5 N–H and O–H groups in total. The van der Waals surface area contributed by atoms with Gasteiger partial charge in [-0.1, -0.05) is 32.9 Å². The van der Waals surface area contributed by atoms with Crippen molar-refractivity contribution in [1.82, 2.24) is 4.90 Å². The number of carbonyl (C=O) groups is 1. The highest BCUT2D eigenvalue weighted by Gasteiger charge is 2.53. The van der Waals surface area contributed by atoms with Crippen molar-refractivity contribution in [3.63, 3.8) is 0 Å². The Morgan fingerprint density at radius 3 is 2.13 bits per heavy atom. The van der Waals surface area contributed by atoms with Crippen molar-refractivity contribution in [2.24, 2.45) is 28.8 Å². The van der Waals surface area contributed by atoms with Crippen LogP contribution in [0.25, 0.3) is 0 Å². The molecule has 18 nitrogen and oxygen atoms in total. The van der Waals surface area contributed by atoms with Gasteiger partial charge in [-0.25, -0.2) is 0 Å². The van der Waals surface area contributed by atoms with Crippen molar-refractivity contribution >= 4 is 11.7 Å². The molecule has 18 atom stereocenters. The van der Waals surface area contributed by atoms with Crippen LogP contribution in [-0.4, -0.2) is 181 Å². The van der Waals surface area contributed by atoms with Crippen LogP contribution < -0.4 is 0 Å². The summed E-state index contributed by atoms with van der Waals surface area (Å²) >= 11 is 0. The minimum atomic E-state index is -1.98. The van der Waals surface area contributed by atoms with Gasteiger partial charge in [0, 0.05) is 44.4 Å². The predicted molar refractivity (Wildman–Crippen MR) is 218 cm³/mol. The molecule has 3 fully saturated rings. The fourth-order valence-electron chi connectivity index (χ4n) is 9.03. The van der Waals surface area contributed by atoms with Crippen LogP contribution in [0.4, 0.5) is 0 Å². The SMILES string of the molecule is CC[C@H]1OC(=O)[C@H](C)[C@@H](O[C@@H]2C[C@](C)(OC)[C@H](O)[C@H](C)O2)[C@H](C)[C@@H](O[C@@H]2O[C@H](C)C[C@@H](N(C)C)[C@H]2O)[C@](C)(O)C[C@@H](C)/C(=N/OCOCOCCOC)[C@H](C)[C@@H](O)[C@]1(C)O. The third-order valence-electron chi connectivity index (χ3n) is 12.8. The summed E-state index contributed by atoms with van der Waals surface area (Å²) in [4.78, 5) is 21.8. The molecule has 60 heavy (non-hydrogen) atoms. The average Bonchev–Trinajstić information content (AvgIpc) is 3.18. The van der Waals surface area contributed by atoms with Crippen LogP contribution in [0.1, 0.15) is 94.9 Å². The van der Waals surface area contributed by atoms with Gasteiger partial charge < -0.3 is 77.9 Å². The Balaban J connectivity index is 2.18. The lowest BCUT2D eigenvalue weighted by molar-refractivity contribution is -0.317. The van der Waals surface area contributed by atoms with Crippen LogP contribution in [-0.2, 0) is 52.3 Å². The van der Waals surface area contributed by atoms with Crippen molar-refractivity contribution < 1.29 is 77.8 Å². The van der Waals surface area contributed by atoms with E-state index in [2.05, 4.69) is 5.16 Å². The van der Waals surface area contributed by atoms with Gasteiger partial charge in [0.15, 0.2) is 19.4 Å². The van der Waals surface area contributed by atoms with Gasteiger partial charge >= 0.3 is 5.97 Å². The zero-order valence-electron chi connectivity index (χ0n) is 38.4. The monoisotopic (exact) mass is 867 g/mol. The predicted octanol–water partition coefficient (Wildman–Crippen LogP) is 2.18. The summed E-state index contributed by atoms with van der Waals surface area (Å²) in [5.74, 6) is -4.22. The Hall–Kier alpha value is -1.62. The number of hydrogen-bond donors (Lipinski definition) is 5. The number of aliphatic hydroxyl groups is 5. The van der Waals surface area contributed by atoms with Gasteiger partial charge in [0.25, 0.3) is 0 Å². The Labute approximate surface area is 357 Å². The molecule has 0 radical (unpaired) electrons. The van der Waals surface area contributed by atoms with Crippen LogP contribution >= 0.6 is 0 Å². The van der Waals surface area contributed by atoms with E-state index in [1.807, 2.05) is 25.9 Å². The lowest BCUT2D eigenvalue weighted by Gasteiger charge is -2.49. The number of cyclic esters (lactones) is 1. The van der Waals surface area contributed by atoms with Gasteiger partial charge in [-0.3, -0.25) is 4.79 Å². The average molecular weight is 867 g/mol. The number of rotatable bonds is 15. The number of oxime groups is 1. The first-order valence-electron chi connectivity index (χ1n) is 21.3. The molecule has 0 unspecified atom stereocenters. The number of nitrogens with zero attached hydrogens (tertiary/aromatic N) is 2. The smallest absolute Gasteiger partial charge is 0.311 e. The Bertz CT molecular complexity index is 1340. The minimum Gasteiger partial charge on any atom is -0.459 e. The molecule has 0 aliphatic carbocycles. The van der Waals surface area contributed by atoms with E-state index in [0.717, 1.165) is 0 Å². The largest absolute Gasteiger partial charge is 0.459 e. The van der Waals surface area contributed by atoms with Crippen molar-refractivity contribution in [1.29, 1.82) is 0 Å². The van der Waals surface area contributed by atoms with E-state index in [4.69, 9.17) is 47.5 Å². The molecule has 0 spiro atoms. The first-order chi connectivity index (χ1) is 28.0. The molecule has 3 aliphatic rings. The maximum atomic E-state index is 14.4. The number of esters is 1. The third-order valence-corrected chi connectivity index (χ3v) is 12.8. The first-order valence-corrected chi connectivity index (χ1v) is 21.3. The van der Waals surface area contributed by atoms with E-state index < -0.39 is 102 Å². The third kappa shape index (κ3) is 13.0. The molecule has 352 valence electrons. The van der Waals surface area contributed by atoms with Crippen molar-refractivity contribution in [3.8, 4) is 0 Å². The highest BCUT2D eigenvalue weighted by Crippen LogP contribution is 2.41. The van der Waals surface area contributed by atoms with Crippen LogP contribution in [0.5, 0.6) is 0 Å². The highest BCUT2D eigenvalue weighted by atomic mass is 16.8. The van der Waals surface area contributed by atoms with E-state index in [1.54, 1.807) is 62.5 Å². The summed E-state index contributed by atoms with van der Waals surface area (Å²) in [5.41, 5.74) is -4.56.